The molecule has 0 fully saturated rings. The highest BCUT2D eigenvalue weighted by Gasteiger charge is 2.30. The molecule has 1 aliphatic carbocycles. The Bertz CT molecular complexity index is 548. The normalized spacial score (nSPS) is 17.5. The monoisotopic (exact) mass is 210 g/mol. The number of hydrogen-bond acceptors (Lipinski definition) is 2. The summed E-state index contributed by atoms with van der Waals surface area (Å²) in [6, 6.07) is 6.99. The molecule has 0 radical (unpaired) electrons. The number of Topliss-reactive ketones (excluding diaryl/α,β-unsaturated/α-hetero) is 2. The molecule has 16 heavy (non-hydrogen) atoms. The van der Waals surface area contributed by atoms with Crippen LogP contribution in [0.25, 0.3) is 5.57 Å². The van der Waals surface area contributed by atoms with Crippen LogP contribution in [0.1, 0.15) is 15.9 Å². The summed E-state index contributed by atoms with van der Waals surface area (Å²) in [5, 5.41) is 0. The first-order valence-corrected chi connectivity index (χ1v) is 4.87. The van der Waals surface area contributed by atoms with Gasteiger partial charge in [0.1, 0.15) is 0 Å². The van der Waals surface area contributed by atoms with E-state index in [0.717, 1.165) is 5.56 Å². The zero-order valence-corrected chi connectivity index (χ0v) is 8.69. The molecule has 1 aliphatic rings. The summed E-state index contributed by atoms with van der Waals surface area (Å²) in [4.78, 5) is 23.5. The molecule has 78 valence electrons. The van der Waals surface area contributed by atoms with Gasteiger partial charge in [-0.25, -0.2) is 0 Å². The molecular formula is C14H10O2. The Hall–Kier alpha value is -2.22. The Labute approximate surface area is 93.6 Å². The lowest BCUT2D eigenvalue weighted by molar-refractivity contribution is -0.111. The van der Waals surface area contributed by atoms with E-state index in [1.54, 1.807) is 18.2 Å². The fourth-order valence-corrected chi connectivity index (χ4v) is 1.77. The molecule has 0 unspecified atom stereocenters. The smallest absolute Gasteiger partial charge is 0.234 e. The van der Waals surface area contributed by atoms with Crippen LogP contribution in [-0.4, -0.2) is 11.6 Å². The zero-order chi connectivity index (χ0) is 11.7. The second kappa shape index (κ2) is 3.74. The van der Waals surface area contributed by atoms with Gasteiger partial charge in [0.2, 0.25) is 11.6 Å². The van der Waals surface area contributed by atoms with Crippen LogP contribution in [0.3, 0.4) is 0 Å². The minimum absolute atomic E-state index is 0.332. The van der Waals surface area contributed by atoms with Crippen LogP contribution in [0, 0.1) is 0 Å². The van der Waals surface area contributed by atoms with E-state index < -0.39 is 11.6 Å². The molecule has 2 heteroatoms. The molecular weight excluding hydrogens is 200 g/mol. The lowest BCUT2D eigenvalue weighted by Crippen LogP contribution is -2.23. The molecule has 0 saturated heterocycles. The molecule has 0 spiro atoms. The van der Waals surface area contributed by atoms with Gasteiger partial charge in [-0.3, -0.25) is 9.59 Å². The van der Waals surface area contributed by atoms with Crippen LogP contribution in [0.5, 0.6) is 0 Å². The lowest BCUT2D eigenvalue weighted by Gasteiger charge is -2.18. The highest BCUT2D eigenvalue weighted by molar-refractivity contribution is 6.54. The first-order chi connectivity index (χ1) is 7.66. The van der Waals surface area contributed by atoms with Gasteiger partial charge in [-0.1, -0.05) is 49.6 Å². The quantitative estimate of drug-likeness (QED) is 0.527. The number of carbonyl (C=O) groups excluding carboxylic acids is 2. The first kappa shape index (κ1) is 10.3. The van der Waals surface area contributed by atoms with Gasteiger partial charge in [0.25, 0.3) is 0 Å². The molecule has 1 aromatic carbocycles. The van der Waals surface area contributed by atoms with Gasteiger partial charge in [0.15, 0.2) is 0 Å². The summed E-state index contributed by atoms with van der Waals surface area (Å²) in [7, 11) is 0. The second-order valence-electron chi connectivity index (χ2n) is 3.50. The third kappa shape index (κ3) is 1.36. The number of benzene rings is 1. The minimum atomic E-state index is -0.511. The zero-order valence-electron chi connectivity index (χ0n) is 8.69. The van der Waals surface area contributed by atoms with E-state index in [0.29, 0.717) is 16.7 Å². The molecule has 0 amide bonds. The molecule has 0 heterocycles. The van der Waals surface area contributed by atoms with Gasteiger partial charge in [0.05, 0.1) is 0 Å². The maximum absolute atomic E-state index is 11.8. The first-order valence-electron chi connectivity index (χ1n) is 4.87. The van der Waals surface area contributed by atoms with E-state index in [9.17, 15) is 9.59 Å². The topological polar surface area (TPSA) is 34.1 Å². The van der Waals surface area contributed by atoms with Crippen molar-refractivity contribution in [2.75, 3.05) is 0 Å². The largest absolute Gasteiger partial charge is 0.285 e. The molecule has 0 bridgehead atoms. The van der Waals surface area contributed by atoms with Crippen molar-refractivity contribution in [1.29, 1.82) is 0 Å². The van der Waals surface area contributed by atoms with E-state index in [1.165, 1.54) is 12.2 Å². The molecule has 2 nitrogen and oxygen atoms in total. The van der Waals surface area contributed by atoms with Crippen molar-refractivity contribution >= 4 is 17.1 Å². The van der Waals surface area contributed by atoms with Crippen LogP contribution >= 0.6 is 0 Å². The van der Waals surface area contributed by atoms with E-state index >= 15 is 0 Å². The summed E-state index contributed by atoms with van der Waals surface area (Å²) in [5.74, 6) is -0.986. The van der Waals surface area contributed by atoms with Crippen molar-refractivity contribution in [1.82, 2.24) is 0 Å². The van der Waals surface area contributed by atoms with Crippen LogP contribution in [0.15, 0.2) is 55.1 Å². The fraction of sp³-hybridized carbons (Fsp3) is 0. The van der Waals surface area contributed by atoms with Crippen LogP contribution in [0.4, 0.5) is 0 Å². The summed E-state index contributed by atoms with van der Waals surface area (Å²) in [5.41, 5.74) is 2.07. The summed E-state index contributed by atoms with van der Waals surface area (Å²) in [6.07, 6.45) is 3.01. The number of carbonyl (C=O) groups is 2. The minimum Gasteiger partial charge on any atom is -0.285 e. The van der Waals surface area contributed by atoms with Crippen molar-refractivity contribution in [2.45, 2.75) is 0 Å². The molecule has 0 atom stereocenters. The predicted octanol–water partition coefficient (Wildman–Crippen LogP) is 2.58. The number of allylic oxidation sites excluding steroid dienone is 4. The van der Waals surface area contributed by atoms with Crippen LogP contribution < -0.4 is 0 Å². The predicted molar refractivity (Wildman–Crippen MR) is 63.1 cm³/mol. The van der Waals surface area contributed by atoms with Crippen LogP contribution in [-0.2, 0) is 4.79 Å². The van der Waals surface area contributed by atoms with Crippen molar-refractivity contribution in [3.8, 4) is 0 Å². The Kier molecular flexibility index (Phi) is 2.41. The van der Waals surface area contributed by atoms with Crippen molar-refractivity contribution in [3.05, 3.63) is 66.3 Å². The van der Waals surface area contributed by atoms with E-state index in [2.05, 4.69) is 13.2 Å². The third-order valence-electron chi connectivity index (χ3n) is 2.56. The van der Waals surface area contributed by atoms with Gasteiger partial charge in [0, 0.05) is 11.1 Å². The molecule has 1 aromatic rings. The number of fused-ring (bicyclic) bond motifs is 1. The number of ketones is 2. The van der Waals surface area contributed by atoms with Crippen molar-refractivity contribution in [2.24, 2.45) is 0 Å². The Morgan fingerprint density at radius 2 is 1.62 bits per heavy atom. The van der Waals surface area contributed by atoms with Gasteiger partial charge in [-0.2, -0.15) is 0 Å². The second-order valence-corrected chi connectivity index (χ2v) is 3.50. The average Bonchev–Trinajstić information content (AvgIpc) is 2.32. The SMILES string of the molecule is C=C/C=C1\C(=C)c2ccccc2C(=O)C1=O. The molecule has 0 N–H and O–H groups in total. The molecule has 2 rings (SSSR count). The van der Waals surface area contributed by atoms with Crippen molar-refractivity contribution < 1.29 is 9.59 Å². The highest BCUT2D eigenvalue weighted by atomic mass is 16.2. The van der Waals surface area contributed by atoms with E-state index in [-0.39, 0.29) is 0 Å². The standard InChI is InChI=1S/C14H10O2/c1-3-6-11-9(2)10-7-4-5-8-12(10)14(16)13(11)15/h3-8H,1-2H2/b11-6+. The Balaban J connectivity index is 2.70. The summed E-state index contributed by atoms with van der Waals surface area (Å²) < 4.78 is 0. The molecule has 0 aliphatic heterocycles. The summed E-state index contributed by atoms with van der Waals surface area (Å²) >= 11 is 0. The Morgan fingerprint density at radius 1 is 1.00 bits per heavy atom. The van der Waals surface area contributed by atoms with Gasteiger partial charge in [-0.05, 0) is 11.1 Å². The molecule has 0 aromatic heterocycles. The van der Waals surface area contributed by atoms with Crippen molar-refractivity contribution in [3.63, 3.8) is 0 Å². The maximum atomic E-state index is 11.8. The fourth-order valence-electron chi connectivity index (χ4n) is 1.77. The third-order valence-corrected chi connectivity index (χ3v) is 2.56. The lowest BCUT2D eigenvalue weighted by atomic mass is 9.82. The number of hydrogen-bond donors (Lipinski definition) is 0. The number of rotatable bonds is 1. The van der Waals surface area contributed by atoms with Gasteiger partial charge >= 0.3 is 0 Å². The molecule has 0 saturated carbocycles. The highest BCUT2D eigenvalue weighted by Crippen LogP contribution is 2.31. The average molecular weight is 210 g/mol. The van der Waals surface area contributed by atoms with Crippen LogP contribution in [0.2, 0.25) is 0 Å². The van der Waals surface area contributed by atoms with Gasteiger partial charge in [-0.15, -0.1) is 0 Å². The van der Waals surface area contributed by atoms with E-state index in [4.69, 9.17) is 0 Å². The maximum Gasteiger partial charge on any atom is 0.234 e. The summed E-state index contributed by atoms with van der Waals surface area (Å²) in [6.45, 7) is 7.37. The Morgan fingerprint density at radius 3 is 2.25 bits per heavy atom. The van der Waals surface area contributed by atoms with Gasteiger partial charge < -0.3 is 0 Å². The van der Waals surface area contributed by atoms with E-state index in [1.807, 2.05) is 6.07 Å².